The first-order valence-corrected chi connectivity index (χ1v) is 11.3. The zero-order valence-corrected chi connectivity index (χ0v) is 18.5. The molecule has 1 saturated heterocycles. The van der Waals surface area contributed by atoms with Crippen LogP contribution in [-0.2, 0) is 9.59 Å². The second kappa shape index (κ2) is 9.15. The van der Waals surface area contributed by atoms with Gasteiger partial charge in [0.1, 0.15) is 11.3 Å². The average Bonchev–Trinajstić information content (AvgIpc) is 3.46. The summed E-state index contributed by atoms with van der Waals surface area (Å²) in [7, 11) is 0. The summed E-state index contributed by atoms with van der Waals surface area (Å²) in [4.78, 5) is 27.3. The number of hydrogen-bond acceptors (Lipinski definition) is 6. The van der Waals surface area contributed by atoms with Crippen molar-refractivity contribution in [3.8, 4) is 11.5 Å². The van der Waals surface area contributed by atoms with Crippen LogP contribution in [0.25, 0.3) is 11.0 Å². The maximum Gasteiger partial charge on any atom is 0.234 e. The Morgan fingerprint density at radius 1 is 1.06 bits per heavy atom. The van der Waals surface area contributed by atoms with Gasteiger partial charge in [0, 0.05) is 23.1 Å². The van der Waals surface area contributed by atoms with E-state index < -0.39 is 0 Å². The third-order valence-electron chi connectivity index (χ3n) is 6.21. The molecule has 33 heavy (non-hydrogen) atoms. The van der Waals surface area contributed by atoms with E-state index in [9.17, 15) is 9.59 Å². The Kier molecular flexibility index (Phi) is 5.92. The van der Waals surface area contributed by atoms with Crippen LogP contribution < -0.4 is 20.1 Å². The van der Waals surface area contributed by atoms with E-state index in [2.05, 4.69) is 15.5 Å². The summed E-state index contributed by atoms with van der Waals surface area (Å²) >= 11 is 0. The molecule has 2 aliphatic rings. The summed E-state index contributed by atoms with van der Waals surface area (Å²) in [6.45, 7) is 3.83. The fraction of sp³-hybridized carbons (Fsp3) is 0.360. The number of anilines is 1. The van der Waals surface area contributed by atoms with Gasteiger partial charge in [-0.05, 0) is 57.1 Å². The quantitative estimate of drug-likeness (QED) is 0.596. The molecule has 0 unspecified atom stereocenters. The molecule has 1 fully saturated rings. The third kappa shape index (κ3) is 4.80. The molecule has 2 amide bonds. The summed E-state index contributed by atoms with van der Waals surface area (Å²) in [5.41, 5.74) is 1.51. The number of furan rings is 1. The van der Waals surface area contributed by atoms with Crippen molar-refractivity contribution in [2.45, 2.75) is 25.8 Å². The molecular formula is C25H27N3O5. The lowest BCUT2D eigenvalue weighted by atomic mass is 9.95. The van der Waals surface area contributed by atoms with Crippen LogP contribution in [-0.4, -0.2) is 43.1 Å². The fourth-order valence-corrected chi connectivity index (χ4v) is 4.35. The Morgan fingerprint density at radius 3 is 2.67 bits per heavy atom. The van der Waals surface area contributed by atoms with Gasteiger partial charge in [-0.2, -0.15) is 0 Å². The largest absolute Gasteiger partial charge is 0.459 e. The van der Waals surface area contributed by atoms with Gasteiger partial charge in [0.2, 0.25) is 18.6 Å². The molecule has 0 bridgehead atoms. The predicted molar refractivity (Wildman–Crippen MR) is 123 cm³/mol. The molecule has 3 aromatic rings. The molecule has 1 atom stereocenters. The summed E-state index contributed by atoms with van der Waals surface area (Å²) in [6.07, 6.45) is 1.42. The maximum atomic E-state index is 12.7. The molecule has 0 spiro atoms. The SMILES string of the molecule is C[C@H](NC(=O)CN1CCC(C(=O)Nc2ccc3c(c2)OCO3)CC1)c1cc2ccccc2o1. The van der Waals surface area contributed by atoms with Crippen LogP contribution in [0.15, 0.2) is 52.9 Å². The number of hydrogen-bond donors (Lipinski definition) is 2. The molecule has 2 N–H and O–H groups in total. The van der Waals surface area contributed by atoms with E-state index in [1.165, 1.54) is 0 Å². The number of benzene rings is 2. The van der Waals surface area contributed by atoms with Crippen LogP contribution in [0.4, 0.5) is 5.69 Å². The Labute approximate surface area is 191 Å². The van der Waals surface area contributed by atoms with Crippen LogP contribution in [0.5, 0.6) is 11.5 Å². The lowest BCUT2D eigenvalue weighted by molar-refractivity contribution is -0.124. The van der Waals surface area contributed by atoms with Gasteiger partial charge in [0.15, 0.2) is 11.5 Å². The highest BCUT2D eigenvalue weighted by atomic mass is 16.7. The van der Waals surface area contributed by atoms with Crippen molar-refractivity contribution in [2.24, 2.45) is 5.92 Å². The molecule has 8 nitrogen and oxygen atoms in total. The number of carbonyl (C=O) groups is 2. The van der Waals surface area contributed by atoms with Gasteiger partial charge >= 0.3 is 0 Å². The summed E-state index contributed by atoms with van der Waals surface area (Å²) in [5.74, 6) is 1.94. The fourth-order valence-electron chi connectivity index (χ4n) is 4.35. The first-order chi connectivity index (χ1) is 16.0. The van der Waals surface area contributed by atoms with E-state index in [1.807, 2.05) is 43.3 Å². The van der Waals surface area contributed by atoms with Crippen molar-refractivity contribution in [2.75, 3.05) is 31.7 Å². The van der Waals surface area contributed by atoms with Crippen molar-refractivity contribution in [3.63, 3.8) is 0 Å². The van der Waals surface area contributed by atoms with E-state index in [4.69, 9.17) is 13.9 Å². The zero-order chi connectivity index (χ0) is 22.8. The first kappa shape index (κ1) is 21.3. The molecule has 172 valence electrons. The molecule has 8 heteroatoms. The summed E-state index contributed by atoms with van der Waals surface area (Å²) in [6, 6.07) is 14.9. The van der Waals surface area contributed by atoms with Crippen LogP contribution in [0.1, 0.15) is 31.6 Å². The van der Waals surface area contributed by atoms with Crippen molar-refractivity contribution in [1.29, 1.82) is 0 Å². The Balaban J connectivity index is 1.08. The Hall–Kier alpha value is -3.52. The topological polar surface area (TPSA) is 93.0 Å². The number of fused-ring (bicyclic) bond motifs is 2. The van der Waals surface area contributed by atoms with Gasteiger partial charge in [-0.25, -0.2) is 0 Å². The molecule has 1 aromatic heterocycles. The van der Waals surface area contributed by atoms with Crippen LogP contribution in [0.3, 0.4) is 0 Å². The number of piperidine rings is 1. The first-order valence-electron chi connectivity index (χ1n) is 11.3. The van der Waals surface area contributed by atoms with E-state index >= 15 is 0 Å². The lowest BCUT2D eigenvalue weighted by Crippen LogP contribution is -2.43. The Bertz CT molecular complexity index is 1130. The number of para-hydroxylation sites is 1. The number of ether oxygens (including phenoxy) is 2. The molecule has 0 radical (unpaired) electrons. The maximum absolute atomic E-state index is 12.7. The van der Waals surface area contributed by atoms with Crippen molar-refractivity contribution in [1.82, 2.24) is 10.2 Å². The van der Waals surface area contributed by atoms with Gasteiger partial charge < -0.3 is 24.5 Å². The van der Waals surface area contributed by atoms with Gasteiger partial charge in [-0.3, -0.25) is 14.5 Å². The Morgan fingerprint density at radius 2 is 1.85 bits per heavy atom. The molecular weight excluding hydrogens is 422 g/mol. The van der Waals surface area contributed by atoms with E-state index in [-0.39, 0.29) is 30.6 Å². The van der Waals surface area contributed by atoms with Crippen LogP contribution >= 0.6 is 0 Å². The third-order valence-corrected chi connectivity index (χ3v) is 6.21. The van der Waals surface area contributed by atoms with E-state index in [0.29, 0.717) is 49.7 Å². The summed E-state index contributed by atoms with van der Waals surface area (Å²) < 4.78 is 16.5. The predicted octanol–water partition coefficient (Wildman–Crippen LogP) is 3.69. The highest BCUT2D eigenvalue weighted by Gasteiger charge is 2.27. The minimum atomic E-state index is -0.213. The number of nitrogens with zero attached hydrogens (tertiary/aromatic N) is 1. The standard InChI is InChI=1S/C25H27N3O5/c1-16(22-12-18-4-2-3-5-20(18)33-22)26-24(29)14-28-10-8-17(9-11-28)25(30)27-19-6-7-21-23(13-19)32-15-31-21/h2-7,12-13,16-17H,8-11,14-15H2,1H3,(H,26,29)(H,27,30)/t16-/m0/s1. The molecule has 0 aliphatic carbocycles. The zero-order valence-electron chi connectivity index (χ0n) is 18.5. The second-order valence-corrected chi connectivity index (χ2v) is 8.58. The molecule has 2 aromatic carbocycles. The second-order valence-electron chi connectivity index (χ2n) is 8.58. The van der Waals surface area contributed by atoms with E-state index in [0.717, 1.165) is 16.7 Å². The van der Waals surface area contributed by atoms with Crippen molar-refractivity contribution < 1.29 is 23.5 Å². The van der Waals surface area contributed by atoms with Crippen LogP contribution in [0, 0.1) is 5.92 Å². The summed E-state index contributed by atoms with van der Waals surface area (Å²) in [5, 5.41) is 7.01. The minimum Gasteiger partial charge on any atom is -0.459 e. The van der Waals surface area contributed by atoms with Gasteiger partial charge in [-0.15, -0.1) is 0 Å². The smallest absolute Gasteiger partial charge is 0.234 e. The number of likely N-dealkylation sites (tertiary alicyclic amines) is 1. The monoisotopic (exact) mass is 449 g/mol. The molecule has 0 saturated carbocycles. The van der Waals surface area contributed by atoms with Crippen LogP contribution in [0.2, 0.25) is 0 Å². The number of amides is 2. The molecule has 3 heterocycles. The number of carbonyl (C=O) groups excluding carboxylic acids is 2. The number of rotatable bonds is 6. The van der Waals surface area contributed by atoms with Crippen molar-refractivity contribution in [3.05, 3.63) is 54.3 Å². The minimum absolute atomic E-state index is 0.00326. The highest BCUT2D eigenvalue weighted by molar-refractivity contribution is 5.93. The van der Waals surface area contributed by atoms with E-state index in [1.54, 1.807) is 12.1 Å². The normalized spacial score (nSPS) is 17.1. The number of nitrogens with one attached hydrogen (secondary N) is 2. The lowest BCUT2D eigenvalue weighted by Gasteiger charge is -2.31. The van der Waals surface area contributed by atoms with Gasteiger partial charge in [-0.1, -0.05) is 18.2 Å². The molecule has 5 rings (SSSR count). The highest BCUT2D eigenvalue weighted by Crippen LogP contribution is 2.34. The van der Waals surface area contributed by atoms with Crippen molar-refractivity contribution >= 4 is 28.5 Å². The molecule has 2 aliphatic heterocycles. The van der Waals surface area contributed by atoms with Gasteiger partial charge in [0.05, 0.1) is 12.6 Å². The van der Waals surface area contributed by atoms with Gasteiger partial charge in [0.25, 0.3) is 0 Å². The average molecular weight is 450 g/mol.